The Balaban J connectivity index is 1.76. The summed E-state index contributed by atoms with van der Waals surface area (Å²) in [6.45, 7) is 2.63. The van der Waals surface area contributed by atoms with E-state index in [1.165, 1.54) is 6.20 Å². The van der Waals surface area contributed by atoms with Crippen LogP contribution >= 0.6 is 0 Å². The fraction of sp³-hybridized carbons (Fsp3) is 0.348. The molecule has 2 aliphatic rings. The summed E-state index contributed by atoms with van der Waals surface area (Å²) in [5.74, 6) is 1.29. The maximum atomic E-state index is 13.6. The first-order chi connectivity index (χ1) is 14.6. The van der Waals surface area contributed by atoms with Gasteiger partial charge in [0, 0.05) is 30.7 Å². The first-order valence-corrected chi connectivity index (χ1v) is 11.9. The van der Waals surface area contributed by atoms with E-state index in [-0.39, 0.29) is 9.79 Å². The Morgan fingerprint density at radius 2 is 1.53 bits per heavy atom. The molecule has 0 amide bonds. The Morgan fingerprint density at radius 3 is 2.23 bits per heavy atom. The Bertz CT molecular complexity index is 1170. The molecule has 3 aromatic rings. The van der Waals surface area contributed by atoms with Crippen LogP contribution in [0.15, 0.2) is 58.5 Å². The van der Waals surface area contributed by atoms with Crippen molar-refractivity contribution in [3.63, 3.8) is 0 Å². The SMILES string of the molecule is O=S(=O)(c1ccccc1)c1cnc2cc3c(cc2c1N1CCCCCC1)OCCO3. The molecular formula is C23H24N2O4S. The van der Waals surface area contributed by atoms with Crippen LogP contribution in [0.2, 0.25) is 0 Å². The summed E-state index contributed by atoms with van der Waals surface area (Å²) in [6.07, 6.45) is 5.90. The van der Waals surface area contributed by atoms with E-state index in [1.807, 2.05) is 18.2 Å². The molecule has 0 bridgehead atoms. The number of sulfone groups is 1. The van der Waals surface area contributed by atoms with Crippen molar-refractivity contribution in [1.82, 2.24) is 4.98 Å². The van der Waals surface area contributed by atoms with Gasteiger partial charge in [-0.1, -0.05) is 31.0 Å². The quantitative estimate of drug-likeness (QED) is 0.627. The van der Waals surface area contributed by atoms with Gasteiger partial charge in [-0.3, -0.25) is 4.98 Å². The van der Waals surface area contributed by atoms with Crippen LogP contribution in [0.25, 0.3) is 10.9 Å². The monoisotopic (exact) mass is 424 g/mol. The van der Waals surface area contributed by atoms with Crippen molar-refractivity contribution in [3.05, 3.63) is 48.7 Å². The largest absolute Gasteiger partial charge is 0.486 e. The average Bonchev–Trinajstić information content (AvgIpc) is 3.07. The van der Waals surface area contributed by atoms with Gasteiger partial charge in [0.2, 0.25) is 9.84 Å². The lowest BCUT2D eigenvalue weighted by Gasteiger charge is -2.27. The van der Waals surface area contributed by atoms with Crippen LogP contribution in [0.3, 0.4) is 0 Å². The van der Waals surface area contributed by atoms with Gasteiger partial charge in [-0.05, 0) is 31.0 Å². The minimum atomic E-state index is -3.72. The van der Waals surface area contributed by atoms with Crippen LogP contribution in [-0.4, -0.2) is 39.7 Å². The van der Waals surface area contributed by atoms with Crippen LogP contribution in [0.4, 0.5) is 5.69 Å². The summed E-state index contributed by atoms with van der Waals surface area (Å²) in [5, 5.41) is 0.790. The molecular weight excluding hydrogens is 400 g/mol. The molecule has 2 aromatic carbocycles. The average molecular weight is 425 g/mol. The molecule has 0 atom stereocenters. The van der Waals surface area contributed by atoms with Gasteiger partial charge in [-0.15, -0.1) is 0 Å². The van der Waals surface area contributed by atoms with E-state index in [0.29, 0.717) is 30.2 Å². The van der Waals surface area contributed by atoms with Gasteiger partial charge in [-0.25, -0.2) is 8.42 Å². The summed E-state index contributed by atoms with van der Waals surface area (Å²) in [5.41, 5.74) is 1.44. The highest BCUT2D eigenvalue weighted by molar-refractivity contribution is 7.91. The molecule has 0 spiro atoms. The number of aromatic nitrogens is 1. The van der Waals surface area contributed by atoms with E-state index in [9.17, 15) is 8.42 Å². The number of hydrogen-bond acceptors (Lipinski definition) is 6. The van der Waals surface area contributed by atoms with E-state index >= 15 is 0 Å². The van der Waals surface area contributed by atoms with Gasteiger partial charge < -0.3 is 14.4 Å². The van der Waals surface area contributed by atoms with Crippen molar-refractivity contribution >= 4 is 26.4 Å². The number of nitrogens with zero attached hydrogens (tertiary/aromatic N) is 2. The highest BCUT2D eigenvalue weighted by Gasteiger charge is 2.28. The summed E-state index contributed by atoms with van der Waals surface area (Å²) in [6, 6.07) is 12.3. The van der Waals surface area contributed by atoms with Crippen LogP contribution in [0, 0.1) is 0 Å². The van der Waals surface area contributed by atoms with Gasteiger partial charge in [0.05, 0.1) is 16.1 Å². The molecule has 7 heteroatoms. The normalized spacial score (nSPS) is 17.0. The van der Waals surface area contributed by atoms with E-state index in [1.54, 1.807) is 24.3 Å². The van der Waals surface area contributed by atoms with Crippen molar-refractivity contribution in [2.75, 3.05) is 31.2 Å². The number of pyridine rings is 1. The van der Waals surface area contributed by atoms with Gasteiger partial charge in [0.25, 0.3) is 0 Å². The van der Waals surface area contributed by atoms with Gasteiger partial charge in [0.1, 0.15) is 18.1 Å². The molecule has 0 radical (unpaired) electrons. The van der Waals surface area contributed by atoms with Crippen molar-refractivity contribution in [3.8, 4) is 11.5 Å². The number of hydrogen-bond donors (Lipinski definition) is 0. The summed E-state index contributed by atoms with van der Waals surface area (Å²) in [7, 11) is -3.72. The molecule has 6 nitrogen and oxygen atoms in total. The topological polar surface area (TPSA) is 68.7 Å². The molecule has 1 aromatic heterocycles. The Kier molecular flexibility index (Phi) is 4.98. The standard InChI is InChI=1S/C23H24N2O4S/c26-30(27,17-8-4-3-5-9-17)22-16-24-19-15-21-20(28-12-13-29-21)14-18(19)23(22)25-10-6-1-2-7-11-25/h3-5,8-9,14-16H,1-2,6-7,10-13H2. The number of rotatable bonds is 3. The number of anilines is 1. The third-order valence-electron chi connectivity index (χ3n) is 5.74. The highest BCUT2D eigenvalue weighted by atomic mass is 32.2. The van der Waals surface area contributed by atoms with Crippen molar-refractivity contribution in [2.24, 2.45) is 0 Å². The number of benzene rings is 2. The fourth-order valence-electron chi connectivity index (χ4n) is 4.24. The molecule has 0 saturated carbocycles. The van der Waals surface area contributed by atoms with Gasteiger partial charge >= 0.3 is 0 Å². The first kappa shape index (κ1) is 19.2. The molecule has 2 aliphatic heterocycles. The molecule has 3 heterocycles. The smallest absolute Gasteiger partial charge is 0.210 e. The first-order valence-electron chi connectivity index (χ1n) is 10.4. The number of ether oxygens (including phenoxy) is 2. The lowest BCUT2D eigenvalue weighted by molar-refractivity contribution is 0.172. The molecule has 30 heavy (non-hydrogen) atoms. The maximum Gasteiger partial charge on any atom is 0.210 e. The fourth-order valence-corrected chi connectivity index (χ4v) is 5.69. The van der Waals surface area contributed by atoms with Crippen LogP contribution in [-0.2, 0) is 9.84 Å². The minimum Gasteiger partial charge on any atom is -0.486 e. The lowest BCUT2D eigenvalue weighted by atomic mass is 10.1. The zero-order chi connectivity index (χ0) is 20.6. The van der Waals surface area contributed by atoms with E-state index in [4.69, 9.17) is 9.47 Å². The number of fused-ring (bicyclic) bond motifs is 2. The zero-order valence-corrected chi connectivity index (χ0v) is 17.5. The Hall–Kier alpha value is -2.80. The minimum absolute atomic E-state index is 0.250. The van der Waals surface area contributed by atoms with Crippen LogP contribution in [0.5, 0.6) is 11.5 Å². The second-order valence-electron chi connectivity index (χ2n) is 7.70. The molecule has 156 valence electrons. The van der Waals surface area contributed by atoms with Crippen molar-refractivity contribution < 1.29 is 17.9 Å². The van der Waals surface area contributed by atoms with Gasteiger partial charge in [0.15, 0.2) is 11.5 Å². The van der Waals surface area contributed by atoms with Crippen LogP contribution < -0.4 is 14.4 Å². The molecule has 0 N–H and O–H groups in total. The van der Waals surface area contributed by atoms with E-state index in [2.05, 4.69) is 9.88 Å². The van der Waals surface area contributed by atoms with Crippen molar-refractivity contribution in [1.29, 1.82) is 0 Å². The molecule has 1 fully saturated rings. The summed E-state index contributed by atoms with van der Waals surface area (Å²) >= 11 is 0. The zero-order valence-electron chi connectivity index (χ0n) is 16.7. The second kappa shape index (κ2) is 7.80. The summed E-state index contributed by atoms with van der Waals surface area (Å²) < 4.78 is 38.7. The Morgan fingerprint density at radius 1 is 0.867 bits per heavy atom. The molecule has 0 aliphatic carbocycles. The van der Waals surface area contributed by atoms with E-state index < -0.39 is 9.84 Å². The summed E-state index contributed by atoms with van der Waals surface area (Å²) in [4.78, 5) is 7.26. The predicted octanol–water partition coefficient (Wildman–Crippen LogP) is 4.22. The van der Waals surface area contributed by atoms with E-state index in [0.717, 1.165) is 49.8 Å². The Labute approximate surface area is 176 Å². The maximum absolute atomic E-state index is 13.6. The van der Waals surface area contributed by atoms with Crippen molar-refractivity contribution in [2.45, 2.75) is 35.5 Å². The second-order valence-corrected chi connectivity index (χ2v) is 9.62. The molecule has 0 unspecified atom stereocenters. The third kappa shape index (κ3) is 3.37. The predicted molar refractivity (Wildman–Crippen MR) is 115 cm³/mol. The lowest BCUT2D eigenvalue weighted by Crippen LogP contribution is -2.26. The molecule has 5 rings (SSSR count). The van der Waals surface area contributed by atoms with Crippen LogP contribution in [0.1, 0.15) is 25.7 Å². The highest BCUT2D eigenvalue weighted by Crippen LogP contribution is 2.41. The van der Waals surface area contributed by atoms with Gasteiger partial charge in [-0.2, -0.15) is 0 Å². The third-order valence-corrected chi connectivity index (χ3v) is 7.51. The molecule has 1 saturated heterocycles.